The smallest absolute Gasteiger partial charge is 0.474 e. The fourth-order valence-corrected chi connectivity index (χ4v) is 2.22. The van der Waals surface area contributed by atoms with Crippen molar-refractivity contribution in [2.24, 2.45) is 0 Å². The first-order chi connectivity index (χ1) is 7.77. The van der Waals surface area contributed by atoms with Gasteiger partial charge in [0.25, 0.3) is 0 Å². The van der Waals surface area contributed by atoms with E-state index in [0.717, 1.165) is 18.6 Å². The van der Waals surface area contributed by atoms with E-state index in [-0.39, 0.29) is 6.73 Å². The molecule has 0 aromatic heterocycles. The summed E-state index contributed by atoms with van der Waals surface area (Å²) in [6, 6.07) is 6.01. The second kappa shape index (κ2) is 5.39. The van der Waals surface area contributed by atoms with Crippen molar-refractivity contribution in [3.05, 3.63) is 29.3 Å². The normalized spacial score (nSPS) is 15.4. The molecule has 1 aromatic carbocycles. The van der Waals surface area contributed by atoms with Gasteiger partial charge in [-0.2, -0.15) is 0 Å². The number of benzene rings is 1. The Balaban J connectivity index is 2.05. The minimum Gasteiger partial charge on any atom is -0.474 e. The number of rotatable bonds is 4. The maximum Gasteiger partial charge on any atom is 0.613 e. The predicted octanol–water partition coefficient (Wildman–Crippen LogP) is 2.14. The van der Waals surface area contributed by atoms with Crippen molar-refractivity contribution >= 4 is 8.18 Å². The van der Waals surface area contributed by atoms with Crippen molar-refractivity contribution in [3.8, 4) is 5.75 Å². The molecule has 0 heterocycles. The molecule has 1 atom stereocenters. The summed E-state index contributed by atoms with van der Waals surface area (Å²) in [5.74, 6) is 0.835. The molecule has 1 aliphatic rings. The molecule has 1 unspecified atom stereocenters. The number of hydrogen-bond donors (Lipinski definition) is 2. The molecule has 86 valence electrons. The quantitative estimate of drug-likeness (QED) is 0.625. The average molecular weight is 240 g/mol. The lowest BCUT2D eigenvalue weighted by atomic mass is 9.91. The third kappa shape index (κ3) is 2.79. The average Bonchev–Trinajstić information content (AvgIpc) is 2.29. The Labute approximate surface area is 95.6 Å². The molecule has 1 aromatic rings. The number of hydrogen-bond acceptors (Lipinski definition) is 2. The summed E-state index contributed by atoms with van der Waals surface area (Å²) < 4.78 is 15.9. The molecule has 1 aliphatic carbocycles. The van der Waals surface area contributed by atoms with Gasteiger partial charge in [0.2, 0.25) is 0 Å². The van der Waals surface area contributed by atoms with Gasteiger partial charge in [0.15, 0.2) is 6.73 Å². The zero-order valence-electron chi connectivity index (χ0n) is 8.98. The maximum absolute atomic E-state index is 10.4. The molecule has 0 saturated heterocycles. The predicted molar refractivity (Wildman–Crippen MR) is 61.5 cm³/mol. The van der Waals surface area contributed by atoms with Crippen LogP contribution in [0.2, 0.25) is 0 Å². The summed E-state index contributed by atoms with van der Waals surface area (Å²) in [5, 5.41) is 2.34. The van der Waals surface area contributed by atoms with E-state index in [1.165, 1.54) is 24.0 Å². The monoisotopic (exact) mass is 240 g/mol. The zero-order valence-corrected chi connectivity index (χ0v) is 9.87. The van der Waals surface area contributed by atoms with Gasteiger partial charge in [-0.05, 0) is 52.5 Å². The molecule has 2 rings (SSSR count). The highest BCUT2D eigenvalue weighted by atomic mass is 31.1. The second-order valence-corrected chi connectivity index (χ2v) is 4.68. The van der Waals surface area contributed by atoms with E-state index in [1.54, 1.807) is 0 Å². The van der Waals surface area contributed by atoms with Crippen LogP contribution in [0.4, 0.5) is 0 Å². The lowest BCUT2D eigenvalue weighted by Crippen LogP contribution is -2.14. The Morgan fingerprint density at radius 2 is 2.19 bits per heavy atom. The molecule has 5 heteroatoms. The molecule has 4 nitrogen and oxygen atoms in total. The van der Waals surface area contributed by atoms with Crippen LogP contribution >= 0.6 is 8.18 Å². The van der Waals surface area contributed by atoms with E-state index in [2.05, 4.69) is 11.2 Å². The van der Waals surface area contributed by atoms with Gasteiger partial charge >= 0.3 is 8.18 Å². The number of fused-ring (bicyclic) bond motifs is 1. The van der Waals surface area contributed by atoms with Crippen LogP contribution in [0.5, 0.6) is 5.75 Å². The highest BCUT2D eigenvalue weighted by molar-refractivity contribution is 7.35. The van der Waals surface area contributed by atoms with Crippen molar-refractivity contribution in [3.63, 3.8) is 0 Å². The number of nitrogens with one attached hydrogen (secondary N) is 1. The molecule has 0 saturated carbocycles. The fraction of sp³-hybridized carbons (Fsp3) is 0.455. The van der Waals surface area contributed by atoms with Gasteiger partial charge in [-0.25, -0.2) is 0 Å². The lowest BCUT2D eigenvalue weighted by Gasteiger charge is -2.18. The largest absolute Gasteiger partial charge is 0.613 e. The summed E-state index contributed by atoms with van der Waals surface area (Å²) in [7, 11) is -2.33. The third-order valence-corrected chi connectivity index (χ3v) is 3.18. The van der Waals surface area contributed by atoms with Crippen molar-refractivity contribution < 1.29 is 14.2 Å². The highest BCUT2D eigenvalue weighted by Gasteiger charge is 2.15. The second-order valence-electron chi connectivity index (χ2n) is 3.82. The van der Waals surface area contributed by atoms with E-state index in [4.69, 9.17) is 9.63 Å². The van der Waals surface area contributed by atoms with E-state index in [1.807, 2.05) is 12.1 Å². The van der Waals surface area contributed by atoms with Crippen LogP contribution in [-0.4, -0.2) is 11.6 Å². The van der Waals surface area contributed by atoms with Crippen LogP contribution in [0.1, 0.15) is 24.0 Å². The van der Waals surface area contributed by atoms with Gasteiger partial charge in [0, 0.05) is 0 Å². The zero-order chi connectivity index (χ0) is 11.4. The first-order valence-electron chi connectivity index (χ1n) is 5.40. The first-order valence-corrected chi connectivity index (χ1v) is 6.62. The summed E-state index contributed by atoms with van der Waals surface area (Å²) in [5.41, 5.74) is 2.60. The van der Waals surface area contributed by atoms with Crippen molar-refractivity contribution in [2.45, 2.75) is 25.7 Å². The molecule has 0 amide bonds. The summed E-state index contributed by atoms with van der Waals surface area (Å²) in [4.78, 5) is 8.59. The Morgan fingerprint density at radius 3 is 3.00 bits per heavy atom. The van der Waals surface area contributed by atoms with Crippen molar-refractivity contribution in [1.82, 2.24) is 5.09 Å². The topological polar surface area (TPSA) is 58.6 Å². The number of aryl methyl sites for hydroxylation is 1. The van der Waals surface area contributed by atoms with Gasteiger partial charge < -0.3 is 4.74 Å². The van der Waals surface area contributed by atoms with Crippen molar-refractivity contribution in [2.75, 3.05) is 6.73 Å². The Morgan fingerprint density at radius 1 is 1.38 bits per heavy atom. The molecular formula is C11H15NO3P+. The van der Waals surface area contributed by atoms with Gasteiger partial charge in [-0.1, -0.05) is 12.1 Å². The van der Waals surface area contributed by atoms with Gasteiger partial charge in [0.05, 0.1) is 0 Å². The Bertz CT molecular complexity index is 395. The summed E-state index contributed by atoms with van der Waals surface area (Å²) in [6.07, 6.45) is 4.57. The minimum absolute atomic E-state index is 0.0716. The molecule has 0 fully saturated rings. The van der Waals surface area contributed by atoms with Crippen LogP contribution in [0.15, 0.2) is 18.2 Å². The SMILES string of the molecule is O=[P+](O)NCOc1cccc2c1CCCC2. The van der Waals surface area contributed by atoms with E-state index in [9.17, 15) is 4.57 Å². The van der Waals surface area contributed by atoms with Crippen LogP contribution in [-0.2, 0) is 17.4 Å². The number of ether oxygens (including phenoxy) is 1. The van der Waals surface area contributed by atoms with Crippen molar-refractivity contribution in [1.29, 1.82) is 0 Å². The fourth-order valence-electron chi connectivity index (χ4n) is 2.05. The minimum atomic E-state index is -2.33. The molecule has 2 N–H and O–H groups in total. The van der Waals surface area contributed by atoms with E-state index < -0.39 is 8.18 Å². The highest BCUT2D eigenvalue weighted by Crippen LogP contribution is 2.29. The van der Waals surface area contributed by atoms with Gasteiger partial charge in [0.1, 0.15) is 5.75 Å². The summed E-state index contributed by atoms with van der Waals surface area (Å²) in [6.45, 7) is 0.0716. The Kier molecular flexibility index (Phi) is 3.88. The molecular weight excluding hydrogens is 225 g/mol. The lowest BCUT2D eigenvalue weighted by molar-refractivity contribution is 0.301. The molecule has 0 bridgehead atoms. The molecule has 0 aliphatic heterocycles. The molecule has 16 heavy (non-hydrogen) atoms. The van der Waals surface area contributed by atoms with Crippen LogP contribution in [0.3, 0.4) is 0 Å². The first kappa shape index (κ1) is 11.5. The van der Waals surface area contributed by atoms with Crippen LogP contribution in [0, 0.1) is 0 Å². The summed E-state index contributed by atoms with van der Waals surface area (Å²) >= 11 is 0. The van der Waals surface area contributed by atoms with E-state index in [0.29, 0.717) is 0 Å². The molecule has 0 radical (unpaired) electrons. The van der Waals surface area contributed by atoms with Gasteiger partial charge in [-0.15, -0.1) is 4.89 Å². The third-order valence-electron chi connectivity index (χ3n) is 2.78. The van der Waals surface area contributed by atoms with Gasteiger partial charge in [-0.3, -0.25) is 0 Å². The maximum atomic E-state index is 10.4. The molecule has 0 spiro atoms. The van der Waals surface area contributed by atoms with E-state index >= 15 is 0 Å². The van der Waals surface area contributed by atoms with Crippen LogP contribution < -0.4 is 9.82 Å². The standard InChI is InChI=1S/C11H14NO3P/c13-16(14)12-8-15-11-7-3-5-9-4-1-2-6-10(9)11/h3,5,7H,1-2,4,6,8H2,(H-,12,13,14)/p+1. The van der Waals surface area contributed by atoms with Crippen LogP contribution in [0.25, 0.3) is 0 Å². The Hall–Kier alpha value is -0.960.